The Labute approximate surface area is 178 Å². The third-order valence-electron chi connectivity index (χ3n) is 4.55. The van der Waals surface area contributed by atoms with Crippen LogP contribution < -0.4 is 10.1 Å². The molecule has 3 aromatic rings. The molecule has 1 saturated heterocycles. The summed E-state index contributed by atoms with van der Waals surface area (Å²) in [5, 5.41) is 6.86. The predicted octanol–water partition coefficient (Wildman–Crippen LogP) is 2.54. The first kappa shape index (κ1) is 21.3. The average molecular weight is 449 g/mol. The molecule has 0 radical (unpaired) electrons. The number of benzene rings is 1. The Bertz CT molecular complexity index is 1160. The number of pyridine rings is 1. The number of carbonyl (C=O) groups is 2. The number of nitrogens with one attached hydrogen (secondary N) is 1. The maximum atomic E-state index is 14.1. The fraction of sp³-hybridized carbons (Fsp3) is 0.200. The van der Waals surface area contributed by atoms with E-state index in [0.29, 0.717) is 11.8 Å². The van der Waals surface area contributed by atoms with Gasteiger partial charge in [0.15, 0.2) is 5.69 Å². The summed E-state index contributed by atoms with van der Waals surface area (Å²) >= 11 is 0. The van der Waals surface area contributed by atoms with E-state index in [9.17, 15) is 27.2 Å². The molecule has 0 aliphatic carbocycles. The minimum absolute atomic E-state index is 0.00367. The van der Waals surface area contributed by atoms with Gasteiger partial charge in [0.2, 0.25) is 5.91 Å². The SMILES string of the molecule is O=C1CN(C(=O)c2cc(-c3cc(F)cc(OC(F)(F)F)c3)n(-c3cccnc3)n2)CCN1. The van der Waals surface area contributed by atoms with Crippen LogP contribution in [0.1, 0.15) is 10.5 Å². The average Bonchev–Trinajstić information content (AvgIpc) is 3.18. The van der Waals surface area contributed by atoms with E-state index in [0.717, 1.165) is 12.1 Å². The van der Waals surface area contributed by atoms with Crippen LogP contribution in [0, 0.1) is 5.82 Å². The number of carbonyl (C=O) groups excluding carboxylic acids is 2. The van der Waals surface area contributed by atoms with Gasteiger partial charge in [-0.15, -0.1) is 13.2 Å². The molecule has 12 heteroatoms. The highest BCUT2D eigenvalue weighted by Gasteiger charge is 2.32. The molecule has 1 aromatic carbocycles. The van der Waals surface area contributed by atoms with E-state index in [1.807, 2.05) is 0 Å². The molecule has 0 atom stereocenters. The lowest BCUT2D eigenvalue weighted by Crippen LogP contribution is -2.50. The van der Waals surface area contributed by atoms with E-state index in [4.69, 9.17) is 0 Å². The summed E-state index contributed by atoms with van der Waals surface area (Å²) < 4.78 is 57.2. The number of piperazine rings is 1. The van der Waals surface area contributed by atoms with Gasteiger partial charge in [-0.3, -0.25) is 14.6 Å². The van der Waals surface area contributed by atoms with Crippen molar-refractivity contribution in [2.45, 2.75) is 6.36 Å². The number of halogens is 4. The molecule has 32 heavy (non-hydrogen) atoms. The maximum absolute atomic E-state index is 14.1. The van der Waals surface area contributed by atoms with Crippen molar-refractivity contribution in [2.24, 2.45) is 0 Å². The lowest BCUT2D eigenvalue weighted by molar-refractivity contribution is -0.274. The van der Waals surface area contributed by atoms with E-state index in [1.54, 1.807) is 12.1 Å². The number of alkyl halides is 3. The zero-order valence-electron chi connectivity index (χ0n) is 16.3. The summed E-state index contributed by atoms with van der Waals surface area (Å²) in [5.41, 5.74) is 0.451. The Morgan fingerprint density at radius 2 is 2.00 bits per heavy atom. The summed E-state index contributed by atoms with van der Waals surface area (Å²) in [4.78, 5) is 29.8. The van der Waals surface area contributed by atoms with Crippen LogP contribution in [-0.4, -0.2) is 57.5 Å². The van der Waals surface area contributed by atoms with Gasteiger partial charge >= 0.3 is 6.36 Å². The number of rotatable bonds is 4. The quantitative estimate of drug-likeness (QED) is 0.619. The van der Waals surface area contributed by atoms with Gasteiger partial charge in [0.1, 0.15) is 11.6 Å². The van der Waals surface area contributed by atoms with Gasteiger partial charge in [-0.1, -0.05) is 0 Å². The van der Waals surface area contributed by atoms with Gasteiger partial charge in [0, 0.05) is 30.9 Å². The maximum Gasteiger partial charge on any atom is 0.573 e. The van der Waals surface area contributed by atoms with Gasteiger partial charge in [0.05, 0.1) is 24.1 Å². The minimum Gasteiger partial charge on any atom is -0.406 e. The Kier molecular flexibility index (Phi) is 5.51. The van der Waals surface area contributed by atoms with E-state index in [-0.39, 0.29) is 42.5 Å². The highest BCUT2D eigenvalue weighted by molar-refractivity contribution is 5.96. The van der Waals surface area contributed by atoms with Gasteiger partial charge in [-0.05, 0) is 30.3 Å². The fourth-order valence-corrected chi connectivity index (χ4v) is 3.24. The number of amides is 2. The molecule has 1 fully saturated rings. The molecule has 1 N–H and O–H groups in total. The highest BCUT2D eigenvalue weighted by atomic mass is 19.4. The molecule has 4 rings (SSSR count). The van der Waals surface area contributed by atoms with E-state index < -0.39 is 23.8 Å². The van der Waals surface area contributed by atoms with Crippen LogP contribution in [0.5, 0.6) is 5.75 Å². The van der Waals surface area contributed by atoms with Crippen LogP contribution >= 0.6 is 0 Å². The van der Waals surface area contributed by atoms with Crippen LogP contribution in [0.3, 0.4) is 0 Å². The largest absolute Gasteiger partial charge is 0.573 e. The molecule has 0 saturated carbocycles. The summed E-state index contributed by atoms with van der Waals surface area (Å²) in [6, 6.07) is 7.10. The second-order valence-electron chi connectivity index (χ2n) is 6.84. The number of nitrogens with zero attached hydrogens (tertiary/aromatic N) is 4. The first-order valence-electron chi connectivity index (χ1n) is 9.33. The standard InChI is InChI=1S/C20H15F4N5O3/c21-13-6-12(7-15(8-13)32-20(22,23)24)17-9-16(19(31)28-5-4-26-18(30)11-28)27-29(17)14-2-1-3-25-10-14/h1-3,6-10H,4-5,11H2,(H,26,30). The first-order chi connectivity index (χ1) is 15.2. The van der Waals surface area contributed by atoms with Crippen molar-refractivity contribution in [1.82, 2.24) is 25.0 Å². The summed E-state index contributed by atoms with van der Waals surface area (Å²) in [6.07, 6.45) is -2.08. The number of hydrogen-bond donors (Lipinski definition) is 1. The molecule has 2 aromatic heterocycles. The monoisotopic (exact) mass is 449 g/mol. The summed E-state index contributed by atoms with van der Waals surface area (Å²) in [6.45, 7) is 0.392. The van der Waals surface area contributed by atoms with Gasteiger partial charge in [-0.2, -0.15) is 5.10 Å². The lowest BCUT2D eigenvalue weighted by atomic mass is 10.1. The molecule has 1 aliphatic heterocycles. The molecular weight excluding hydrogens is 434 g/mol. The zero-order valence-corrected chi connectivity index (χ0v) is 16.3. The van der Waals surface area contributed by atoms with Crippen LogP contribution in [0.2, 0.25) is 0 Å². The normalized spacial score (nSPS) is 14.2. The van der Waals surface area contributed by atoms with Gasteiger partial charge in [0.25, 0.3) is 5.91 Å². The molecule has 0 unspecified atom stereocenters. The molecule has 2 amide bonds. The number of ether oxygens (including phenoxy) is 1. The van der Waals surface area contributed by atoms with Crippen LogP contribution in [-0.2, 0) is 4.79 Å². The third-order valence-corrected chi connectivity index (χ3v) is 4.55. The van der Waals surface area contributed by atoms with Crippen LogP contribution in [0.15, 0.2) is 48.8 Å². The Balaban J connectivity index is 1.79. The molecule has 3 heterocycles. The van der Waals surface area contributed by atoms with E-state index in [2.05, 4.69) is 20.1 Å². The van der Waals surface area contributed by atoms with Gasteiger partial charge in [-0.25, -0.2) is 9.07 Å². The van der Waals surface area contributed by atoms with Crippen molar-refractivity contribution in [3.63, 3.8) is 0 Å². The van der Waals surface area contributed by atoms with Crippen LogP contribution in [0.4, 0.5) is 17.6 Å². The number of hydrogen-bond acceptors (Lipinski definition) is 5. The second kappa shape index (κ2) is 8.29. The smallest absolute Gasteiger partial charge is 0.406 e. The molecular formula is C20H15F4N5O3. The third kappa shape index (κ3) is 4.68. The minimum atomic E-state index is -5.01. The Morgan fingerprint density at radius 1 is 1.19 bits per heavy atom. The molecule has 8 nitrogen and oxygen atoms in total. The topological polar surface area (TPSA) is 89.4 Å². The highest BCUT2D eigenvalue weighted by Crippen LogP contribution is 2.31. The first-order valence-corrected chi connectivity index (χ1v) is 9.33. The molecule has 0 spiro atoms. The van der Waals surface area contributed by atoms with Crippen molar-refractivity contribution in [3.8, 4) is 22.7 Å². The van der Waals surface area contributed by atoms with Crippen molar-refractivity contribution in [2.75, 3.05) is 19.6 Å². The number of aromatic nitrogens is 3. The molecule has 166 valence electrons. The van der Waals surface area contributed by atoms with Crippen molar-refractivity contribution < 1.29 is 31.9 Å². The second-order valence-corrected chi connectivity index (χ2v) is 6.84. The van der Waals surface area contributed by atoms with Crippen molar-refractivity contribution in [1.29, 1.82) is 0 Å². The van der Waals surface area contributed by atoms with E-state index >= 15 is 0 Å². The summed E-state index contributed by atoms with van der Waals surface area (Å²) in [7, 11) is 0. The van der Waals surface area contributed by atoms with Crippen molar-refractivity contribution in [3.05, 3.63) is 60.3 Å². The lowest BCUT2D eigenvalue weighted by Gasteiger charge is -2.25. The van der Waals surface area contributed by atoms with Crippen molar-refractivity contribution >= 4 is 11.8 Å². The predicted molar refractivity (Wildman–Crippen MR) is 102 cm³/mol. The fourth-order valence-electron chi connectivity index (χ4n) is 3.24. The Morgan fingerprint density at radius 3 is 2.69 bits per heavy atom. The van der Waals surface area contributed by atoms with Crippen LogP contribution in [0.25, 0.3) is 16.9 Å². The summed E-state index contributed by atoms with van der Waals surface area (Å²) in [5.74, 6) is -2.60. The van der Waals surface area contributed by atoms with E-state index in [1.165, 1.54) is 28.0 Å². The zero-order chi connectivity index (χ0) is 22.9. The molecule has 0 bridgehead atoms. The van der Waals surface area contributed by atoms with Gasteiger partial charge < -0.3 is 15.0 Å². The molecule has 1 aliphatic rings. The Hall–Kier alpha value is -3.96.